The van der Waals surface area contributed by atoms with Crippen LogP contribution in [0.25, 0.3) is 0 Å². The molecule has 0 bridgehead atoms. The van der Waals surface area contributed by atoms with Crippen LogP contribution in [0.15, 0.2) is 27.7 Å². The van der Waals surface area contributed by atoms with Crippen LogP contribution in [0.1, 0.15) is 36.7 Å². The summed E-state index contributed by atoms with van der Waals surface area (Å²) in [5.74, 6) is 2.72. The molecular formula is C17H25N5O2. The van der Waals surface area contributed by atoms with Crippen LogP contribution in [-0.2, 0) is 13.1 Å². The van der Waals surface area contributed by atoms with Crippen LogP contribution in [0.3, 0.4) is 0 Å². The van der Waals surface area contributed by atoms with E-state index in [1.807, 2.05) is 26.8 Å². The Morgan fingerprint density at radius 3 is 2.75 bits per heavy atom. The molecule has 0 saturated carbocycles. The van der Waals surface area contributed by atoms with E-state index in [-0.39, 0.29) is 0 Å². The zero-order valence-corrected chi connectivity index (χ0v) is 14.7. The van der Waals surface area contributed by atoms with Crippen molar-refractivity contribution < 1.29 is 9.26 Å². The smallest absolute Gasteiger partial charge is 0.246 e. The molecule has 0 atom stereocenters. The summed E-state index contributed by atoms with van der Waals surface area (Å²) < 4.78 is 10.8. The van der Waals surface area contributed by atoms with Crippen molar-refractivity contribution in [3.05, 3.63) is 41.0 Å². The summed E-state index contributed by atoms with van der Waals surface area (Å²) in [4.78, 5) is 8.77. The van der Waals surface area contributed by atoms with Gasteiger partial charge >= 0.3 is 0 Å². The largest absolute Gasteiger partial charge is 0.494 e. The molecule has 7 heteroatoms. The average Bonchev–Trinajstić information content (AvgIpc) is 2.97. The summed E-state index contributed by atoms with van der Waals surface area (Å²) >= 11 is 0. The van der Waals surface area contributed by atoms with Gasteiger partial charge in [0, 0.05) is 12.1 Å². The van der Waals surface area contributed by atoms with Crippen LogP contribution in [-0.4, -0.2) is 29.3 Å². The maximum Gasteiger partial charge on any atom is 0.246 e. The Bertz CT molecular complexity index is 681. The Morgan fingerprint density at radius 1 is 1.25 bits per heavy atom. The van der Waals surface area contributed by atoms with E-state index in [1.54, 1.807) is 6.92 Å². The molecule has 1 aromatic carbocycles. The number of rotatable bonds is 7. The lowest BCUT2D eigenvalue weighted by Gasteiger charge is -2.12. The first-order valence-electron chi connectivity index (χ1n) is 8.16. The predicted molar refractivity (Wildman–Crippen MR) is 93.0 cm³/mol. The van der Waals surface area contributed by atoms with E-state index in [2.05, 4.69) is 37.9 Å². The Kier molecular flexibility index (Phi) is 6.60. The van der Waals surface area contributed by atoms with Crippen molar-refractivity contribution in [2.45, 2.75) is 40.8 Å². The van der Waals surface area contributed by atoms with Crippen LogP contribution in [0.4, 0.5) is 0 Å². The number of aromatic nitrogens is 2. The van der Waals surface area contributed by atoms with Gasteiger partial charge < -0.3 is 19.9 Å². The van der Waals surface area contributed by atoms with Gasteiger partial charge in [0.15, 0.2) is 11.8 Å². The monoisotopic (exact) mass is 331 g/mol. The van der Waals surface area contributed by atoms with Gasteiger partial charge in [0.25, 0.3) is 0 Å². The molecular weight excluding hydrogens is 306 g/mol. The minimum Gasteiger partial charge on any atom is -0.494 e. The van der Waals surface area contributed by atoms with Crippen molar-refractivity contribution in [2.24, 2.45) is 4.99 Å². The molecule has 0 aliphatic heterocycles. The fraction of sp³-hybridized carbons (Fsp3) is 0.471. The van der Waals surface area contributed by atoms with E-state index in [1.165, 1.54) is 5.56 Å². The van der Waals surface area contributed by atoms with E-state index < -0.39 is 0 Å². The van der Waals surface area contributed by atoms with Gasteiger partial charge in [0.1, 0.15) is 5.75 Å². The van der Waals surface area contributed by atoms with Crippen LogP contribution in [0.5, 0.6) is 5.75 Å². The number of ether oxygens (including phenoxy) is 1. The molecule has 0 unspecified atom stereocenters. The van der Waals surface area contributed by atoms with Gasteiger partial charge in [-0.2, -0.15) is 4.98 Å². The second-order valence-electron chi connectivity index (χ2n) is 5.33. The SMILES string of the molecule is CCNC(=NCc1ccc(C)cc1OCC)NCc1nc(C)no1. The Balaban J connectivity index is 2.04. The highest BCUT2D eigenvalue weighted by Crippen LogP contribution is 2.21. The Morgan fingerprint density at radius 2 is 2.08 bits per heavy atom. The minimum absolute atomic E-state index is 0.429. The van der Waals surface area contributed by atoms with Gasteiger partial charge in [-0.15, -0.1) is 0 Å². The first-order valence-corrected chi connectivity index (χ1v) is 8.16. The number of hydrogen-bond donors (Lipinski definition) is 2. The third-order valence-electron chi connectivity index (χ3n) is 3.25. The first kappa shape index (κ1) is 17.8. The highest BCUT2D eigenvalue weighted by Gasteiger charge is 2.06. The molecule has 0 fully saturated rings. The molecule has 7 nitrogen and oxygen atoms in total. The molecule has 2 N–H and O–H groups in total. The van der Waals surface area contributed by atoms with Crippen molar-refractivity contribution >= 4 is 5.96 Å². The number of nitrogens with one attached hydrogen (secondary N) is 2. The molecule has 0 radical (unpaired) electrons. The number of nitrogens with zero attached hydrogens (tertiary/aromatic N) is 3. The van der Waals surface area contributed by atoms with E-state index in [0.29, 0.717) is 37.4 Å². The summed E-state index contributed by atoms with van der Waals surface area (Å²) in [6.07, 6.45) is 0. The summed E-state index contributed by atoms with van der Waals surface area (Å²) in [6.45, 7) is 10.2. The van der Waals surface area contributed by atoms with Crippen LogP contribution in [0, 0.1) is 13.8 Å². The highest BCUT2D eigenvalue weighted by molar-refractivity contribution is 5.79. The molecule has 2 rings (SSSR count). The Hall–Kier alpha value is -2.57. The lowest BCUT2D eigenvalue weighted by molar-refractivity contribution is 0.336. The molecule has 0 spiro atoms. The predicted octanol–water partition coefficient (Wildman–Crippen LogP) is 2.34. The maximum atomic E-state index is 5.70. The van der Waals surface area contributed by atoms with Crippen molar-refractivity contribution in [3.8, 4) is 5.75 Å². The third-order valence-corrected chi connectivity index (χ3v) is 3.25. The van der Waals surface area contributed by atoms with Gasteiger partial charge in [-0.25, -0.2) is 4.99 Å². The second kappa shape index (κ2) is 8.90. The molecule has 0 aliphatic carbocycles. The summed E-state index contributed by atoms with van der Waals surface area (Å²) in [5, 5.41) is 10.2. The van der Waals surface area contributed by atoms with Crippen molar-refractivity contribution in [1.29, 1.82) is 0 Å². The van der Waals surface area contributed by atoms with E-state index in [9.17, 15) is 0 Å². The number of guanidine groups is 1. The molecule has 24 heavy (non-hydrogen) atoms. The molecule has 130 valence electrons. The fourth-order valence-corrected chi connectivity index (χ4v) is 2.16. The Labute approximate surface area is 142 Å². The van der Waals surface area contributed by atoms with Crippen LogP contribution < -0.4 is 15.4 Å². The first-order chi connectivity index (χ1) is 11.6. The third kappa shape index (κ3) is 5.26. The number of aliphatic imine (C=N–C) groups is 1. The zero-order chi connectivity index (χ0) is 17.4. The van der Waals surface area contributed by atoms with Gasteiger partial charge in [-0.1, -0.05) is 17.3 Å². The molecule has 0 aliphatic rings. The second-order valence-corrected chi connectivity index (χ2v) is 5.33. The van der Waals surface area contributed by atoms with Gasteiger partial charge in [-0.05, 0) is 39.3 Å². The minimum atomic E-state index is 0.429. The molecule has 0 saturated heterocycles. The van der Waals surface area contributed by atoms with Gasteiger partial charge in [0.05, 0.1) is 19.7 Å². The van der Waals surface area contributed by atoms with Gasteiger partial charge in [-0.3, -0.25) is 0 Å². The molecule has 1 aromatic heterocycles. The summed E-state index contributed by atoms with van der Waals surface area (Å²) in [5.41, 5.74) is 2.22. The molecule has 2 aromatic rings. The highest BCUT2D eigenvalue weighted by atomic mass is 16.5. The normalized spacial score (nSPS) is 11.4. The van der Waals surface area contributed by atoms with Crippen LogP contribution >= 0.6 is 0 Å². The topological polar surface area (TPSA) is 84.6 Å². The number of hydrogen-bond acceptors (Lipinski definition) is 5. The lowest BCUT2D eigenvalue weighted by Crippen LogP contribution is -2.36. The zero-order valence-electron chi connectivity index (χ0n) is 14.7. The lowest BCUT2D eigenvalue weighted by atomic mass is 10.1. The molecule has 0 amide bonds. The number of aryl methyl sites for hydroxylation is 2. The molecule has 1 heterocycles. The van der Waals surface area contributed by atoms with Crippen LogP contribution in [0.2, 0.25) is 0 Å². The van der Waals surface area contributed by atoms with Gasteiger partial charge in [0.2, 0.25) is 5.89 Å². The quantitative estimate of drug-likeness (QED) is 0.598. The van der Waals surface area contributed by atoms with E-state index in [4.69, 9.17) is 9.26 Å². The van der Waals surface area contributed by atoms with Crippen molar-refractivity contribution in [1.82, 2.24) is 20.8 Å². The fourth-order valence-electron chi connectivity index (χ4n) is 2.16. The van der Waals surface area contributed by atoms with Crippen molar-refractivity contribution in [3.63, 3.8) is 0 Å². The van der Waals surface area contributed by atoms with Crippen molar-refractivity contribution in [2.75, 3.05) is 13.2 Å². The summed E-state index contributed by atoms with van der Waals surface area (Å²) in [7, 11) is 0. The average molecular weight is 331 g/mol. The standard InChI is InChI=1S/C17H25N5O2/c1-5-18-17(20-11-16-21-13(4)22-24-16)19-10-14-8-7-12(3)9-15(14)23-6-2/h7-9H,5-6,10-11H2,1-4H3,(H2,18,19,20). The van der Waals surface area contributed by atoms with E-state index >= 15 is 0 Å². The summed E-state index contributed by atoms with van der Waals surface area (Å²) in [6, 6.07) is 6.15. The van der Waals surface area contributed by atoms with E-state index in [0.717, 1.165) is 17.9 Å². The maximum absolute atomic E-state index is 5.70. The number of benzene rings is 1.